The van der Waals surface area contributed by atoms with E-state index < -0.39 is 0 Å². The van der Waals surface area contributed by atoms with Gasteiger partial charge in [-0.05, 0) is 18.6 Å². The highest BCUT2D eigenvalue weighted by Gasteiger charge is 2.20. The van der Waals surface area contributed by atoms with Crippen molar-refractivity contribution in [3.05, 3.63) is 30.1 Å². The summed E-state index contributed by atoms with van der Waals surface area (Å²) in [4.78, 5) is 19.7. The van der Waals surface area contributed by atoms with E-state index in [4.69, 9.17) is 4.74 Å². The minimum atomic E-state index is -0.218. The molecule has 1 amide bonds. The molecule has 1 aliphatic rings. The molecule has 6 nitrogen and oxygen atoms in total. The number of hydrogen-bond donors (Lipinski definition) is 3. The van der Waals surface area contributed by atoms with Crippen molar-refractivity contribution in [3.8, 4) is 0 Å². The van der Waals surface area contributed by atoms with Crippen LogP contribution >= 0.6 is 0 Å². The van der Waals surface area contributed by atoms with Crippen LogP contribution in [0.1, 0.15) is 12.2 Å². The number of imidazole rings is 1. The molecule has 0 aliphatic carbocycles. The van der Waals surface area contributed by atoms with Crippen LogP contribution in [0.15, 0.2) is 24.3 Å². The van der Waals surface area contributed by atoms with Crippen molar-refractivity contribution in [1.29, 1.82) is 0 Å². The van der Waals surface area contributed by atoms with Crippen LogP contribution in [0.5, 0.6) is 0 Å². The summed E-state index contributed by atoms with van der Waals surface area (Å²) in [6.45, 7) is 2.51. The monoisotopic (exact) mass is 288 g/mol. The van der Waals surface area contributed by atoms with Gasteiger partial charge in [0.25, 0.3) is 0 Å². The summed E-state index contributed by atoms with van der Waals surface area (Å²) >= 11 is 0. The van der Waals surface area contributed by atoms with Crippen molar-refractivity contribution in [2.45, 2.75) is 18.9 Å². The largest absolute Gasteiger partial charge is 0.378 e. The molecule has 0 saturated carbocycles. The number of aromatic nitrogens is 2. The minimum absolute atomic E-state index is 0.0132. The van der Waals surface area contributed by atoms with Crippen molar-refractivity contribution in [2.75, 3.05) is 26.3 Å². The van der Waals surface area contributed by atoms with Gasteiger partial charge in [0.2, 0.25) is 5.91 Å². The zero-order valence-electron chi connectivity index (χ0n) is 11.9. The van der Waals surface area contributed by atoms with Gasteiger partial charge < -0.3 is 20.4 Å². The molecule has 1 aromatic carbocycles. The molecule has 1 unspecified atom stereocenters. The standard InChI is InChI=1S/C15H20N4O2/c20-15(13-10-21-9-8-16-13)17-7-3-6-14-18-11-4-1-2-5-12(11)19-14/h1-2,4-5,13,16H,3,6-10H2,(H,17,20)(H,18,19). The van der Waals surface area contributed by atoms with Gasteiger partial charge >= 0.3 is 0 Å². The summed E-state index contributed by atoms with van der Waals surface area (Å²) in [5.74, 6) is 0.976. The Hall–Kier alpha value is -1.92. The number of fused-ring (bicyclic) bond motifs is 1. The second kappa shape index (κ2) is 6.69. The van der Waals surface area contributed by atoms with Crippen molar-refractivity contribution in [2.24, 2.45) is 0 Å². The second-order valence-electron chi connectivity index (χ2n) is 5.18. The number of carbonyl (C=O) groups is 1. The summed E-state index contributed by atoms with van der Waals surface area (Å²) < 4.78 is 5.27. The fourth-order valence-electron chi connectivity index (χ4n) is 2.45. The summed E-state index contributed by atoms with van der Waals surface area (Å²) in [5, 5.41) is 6.07. The number of H-pyrrole nitrogens is 1. The van der Waals surface area contributed by atoms with Gasteiger partial charge in [-0.1, -0.05) is 12.1 Å². The average Bonchev–Trinajstić information content (AvgIpc) is 2.95. The maximum Gasteiger partial charge on any atom is 0.239 e. The number of morpholine rings is 1. The number of aryl methyl sites for hydroxylation is 1. The van der Waals surface area contributed by atoms with Gasteiger partial charge in [-0.15, -0.1) is 0 Å². The van der Waals surface area contributed by atoms with Gasteiger partial charge in [0.05, 0.1) is 24.2 Å². The lowest BCUT2D eigenvalue weighted by Crippen LogP contribution is -2.51. The smallest absolute Gasteiger partial charge is 0.239 e. The molecule has 1 saturated heterocycles. The first-order valence-corrected chi connectivity index (χ1v) is 7.35. The summed E-state index contributed by atoms with van der Waals surface area (Å²) in [6, 6.07) is 7.76. The lowest BCUT2D eigenvalue weighted by molar-refractivity contribution is -0.125. The van der Waals surface area contributed by atoms with Crippen molar-refractivity contribution >= 4 is 16.9 Å². The maximum absolute atomic E-state index is 11.9. The van der Waals surface area contributed by atoms with E-state index >= 15 is 0 Å². The van der Waals surface area contributed by atoms with Crippen LogP contribution in [0, 0.1) is 0 Å². The second-order valence-corrected chi connectivity index (χ2v) is 5.18. The SMILES string of the molecule is O=C(NCCCc1nc2ccccc2[nH]1)C1COCCN1. The molecule has 6 heteroatoms. The Kier molecular flexibility index (Phi) is 4.47. The van der Waals surface area contributed by atoms with Crippen LogP contribution < -0.4 is 10.6 Å². The number of carbonyl (C=O) groups excluding carboxylic acids is 1. The van der Waals surface area contributed by atoms with E-state index in [1.165, 1.54) is 0 Å². The highest BCUT2D eigenvalue weighted by Crippen LogP contribution is 2.11. The average molecular weight is 288 g/mol. The molecule has 0 radical (unpaired) electrons. The molecular formula is C15H20N4O2. The Morgan fingerprint density at radius 3 is 3.14 bits per heavy atom. The van der Waals surface area contributed by atoms with Gasteiger partial charge in [0, 0.05) is 19.5 Å². The van der Waals surface area contributed by atoms with Crippen LogP contribution in [0.25, 0.3) is 11.0 Å². The Morgan fingerprint density at radius 1 is 1.43 bits per heavy atom. The zero-order valence-corrected chi connectivity index (χ0v) is 11.9. The van der Waals surface area contributed by atoms with Crippen LogP contribution in [0.2, 0.25) is 0 Å². The molecule has 3 rings (SSSR count). The summed E-state index contributed by atoms with van der Waals surface area (Å²) in [6.07, 6.45) is 1.68. The lowest BCUT2D eigenvalue weighted by Gasteiger charge is -2.22. The van der Waals surface area contributed by atoms with Gasteiger partial charge in [-0.3, -0.25) is 4.79 Å². The molecule has 0 bridgehead atoms. The molecule has 1 aromatic heterocycles. The highest BCUT2D eigenvalue weighted by molar-refractivity contribution is 5.81. The number of aromatic amines is 1. The van der Waals surface area contributed by atoms with E-state index in [9.17, 15) is 4.79 Å². The normalized spacial score (nSPS) is 18.8. The predicted molar refractivity (Wildman–Crippen MR) is 80.0 cm³/mol. The van der Waals surface area contributed by atoms with Crippen LogP contribution in [-0.4, -0.2) is 48.2 Å². The molecule has 0 spiro atoms. The molecule has 3 N–H and O–H groups in total. The molecule has 1 fully saturated rings. The number of ether oxygens (including phenoxy) is 1. The number of benzene rings is 1. The lowest BCUT2D eigenvalue weighted by atomic mass is 10.2. The third kappa shape index (κ3) is 3.59. The first kappa shape index (κ1) is 14.0. The molecular weight excluding hydrogens is 268 g/mol. The fraction of sp³-hybridized carbons (Fsp3) is 0.467. The minimum Gasteiger partial charge on any atom is -0.378 e. The highest BCUT2D eigenvalue weighted by atomic mass is 16.5. The van der Waals surface area contributed by atoms with Gasteiger partial charge in [0.15, 0.2) is 0 Å². The molecule has 2 heterocycles. The quantitative estimate of drug-likeness (QED) is 0.704. The number of para-hydroxylation sites is 2. The van der Waals surface area contributed by atoms with Crippen LogP contribution in [-0.2, 0) is 16.0 Å². The van der Waals surface area contributed by atoms with Gasteiger partial charge in [0.1, 0.15) is 11.9 Å². The molecule has 2 aromatic rings. The fourth-order valence-corrected chi connectivity index (χ4v) is 2.45. The molecule has 1 aliphatic heterocycles. The zero-order chi connectivity index (χ0) is 14.5. The van der Waals surface area contributed by atoms with E-state index in [0.717, 1.165) is 36.2 Å². The van der Waals surface area contributed by atoms with Crippen LogP contribution in [0.4, 0.5) is 0 Å². The Morgan fingerprint density at radius 2 is 2.33 bits per heavy atom. The van der Waals surface area contributed by atoms with E-state index in [1.54, 1.807) is 0 Å². The number of hydrogen-bond acceptors (Lipinski definition) is 4. The number of nitrogens with one attached hydrogen (secondary N) is 3. The number of amides is 1. The Balaban J connectivity index is 1.42. The maximum atomic E-state index is 11.9. The van der Waals surface area contributed by atoms with Crippen molar-refractivity contribution in [1.82, 2.24) is 20.6 Å². The first-order valence-electron chi connectivity index (χ1n) is 7.35. The van der Waals surface area contributed by atoms with Crippen molar-refractivity contribution < 1.29 is 9.53 Å². The molecule has 21 heavy (non-hydrogen) atoms. The third-order valence-electron chi connectivity index (χ3n) is 3.57. The summed E-state index contributed by atoms with van der Waals surface area (Å²) in [5.41, 5.74) is 2.04. The van der Waals surface area contributed by atoms with E-state index in [0.29, 0.717) is 19.8 Å². The number of rotatable bonds is 5. The van der Waals surface area contributed by atoms with E-state index in [2.05, 4.69) is 20.6 Å². The van der Waals surface area contributed by atoms with E-state index in [-0.39, 0.29) is 11.9 Å². The Labute approximate surface area is 123 Å². The van der Waals surface area contributed by atoms with E-state index in [1.807, 2.05) is 24.3 Å². The van der Waals surface area contributed by atoms with Gasteiger partial charge in [-0.25, -0.2) is 4.98 Å². The third-order valence-corrected chi connectivity index (χ3v) is 3.57. The molecule has 112 valence electrons. The Bertz CT molecular complexity index is 571. The number of nitrogens with zero attached hydrogens (tertiary/aromatic N) is 1. The predicted octanol–water partition coefficient (Wildman–Crippen LogP) is 0.600. The summed E-state index contributed by atoms with van der Waals surface area (Å²) in [7, 11) is 0. The van der Waals surface area contributed by atoms with Gasteiger partial charge in [-0.2, -0.15) is 0 Å². The molecule has 1 atom stereocenters. The van der Waals surface area contributed by atoms with Crippen molar-refractivity contribution in [3.63, 3.8) is 0 Å². The topological polar surface area (TPSA) is 79.0 Å². The first-order chi connectivity index (χ1) is 10.3. The van der Waals surface area contributed by atoms with Crippen LogP contribution in [0.3, 0.4) is 0 Å².